The molecule has 0 radical (unpaired) electrons. The van der Waals surface area contributed by atoms with E-state index >= 15 is 0 Å². The highest BCUT2D eigenvalue weighted by Crippen LogP contribution is 2.26. The van der Waals surface area contributed by atoms with E-state index in [0.717, 1.165) is 32.1 Å². The third kappa shape index (κ3) is 4.24. The second-order valence-corrected chi connectivity index (χ2v) is 7.12. The number of hydrogen-bond donors (Lipinski definition) is 0. The van der Waals surface area contributed by atoms with Gasteiger partial charge >= 0.3 is 0 Å². The summed E-state index contributed by atoms with van der Waals surface area (Å²) in [5, 5.41) is 0. The van der Waals surface area contributed by atoms with Crippen molar-refractivity contribution in [1.29, 1.82) is 0 Å². The second kappa shape index (κ2) is 5.80. The molecule has 1 rings (SSSR count). The Morgan fingerprint density at radius 1 is 1.31 bits per heavy atom. The molecule has 1 atom stereocenters. The van der Waals surface area contributed by atoms with Crippen LogP contribution in [0.15, 0.2) is 0 Å². The van der Waals surface area contributed by atoms with Crippen LogP contribution in [0.4, 0.5) is 0 Å². The summed E-state index contributed by atoms with van der Waals surface area (Å²) in [5.74, 6) is 0.0399. The van der Waals surface area contributed by atoms with E-state index in [1.165, 1.54) is 0 Å². The first-order chi connectivity index (χ1) is 7.44. The highest BCUT2D eigenvalue weighted by Gasteiger charge is 2.27. The van der Waals surface area contributed by atoms with Crippen LogP contribution < -0.4 is 0 Å². The van der Waals surface area contributed by atoms with Crippen molar-refractivity contribution in [1.82, 2.24) is 0 Å². The smallest absolute Gasteiger partial charge is 0.157 e. The van der Waals surface area contributed by atoms with E-state index in [2.05, 4.69) is 0 Å². The number of hydrogen-bond acceptors (Lipinski definition) is 3. The summed E-state index contributed by atoms with van der Waals surface area (Å²) in [6.45, 7) is 3.89. The molecule has 16 heavy (non-hydrogen) atoms. The molecule has 3 nitrogen and oxygen atoms in total. The van der Waals surface area contributed by atoms with E-state index in [-0.39, 0.29) is 29.1 Å². The summed E-state index contributed by atoms with van der Waals surface area (Å²) in [7, 11) is -3.18. The predicted molar refractivity (Wildman–Crippen MR) is 65.1 cm³/mol. The average Bonchev–Trinajstić information content (AvgIpc) is 2.68. The van der Waals surface area contributed by atoms with Crippen LogP contribution in [0.3, 0.4) is 0 Å². The first-order valence-corrected chi connectivity index (χ1v) is 8.00. The Labute approximate surface area is 98.5 Å². The number of rotatable bonds is 6. The lowest BCUT2D eigenvalue weighted by Crippen LogP contribution is -2.26. The minimum Gasteiger partial charge on any atom is -0.298 e. The van der Waals surface area contributed by atoms with Gasteiger partial charge in [0, 0.05) is 5.92 Å². The normalized spacial score (nSPS) is 19.9. The number of carbonyl (C=O) groups excluding carboxylic acids is 1. The van der Waals surface area contributed by atoms with Gasteiger partial charge in [-0.3, -0.25) is 4.79 Å². The van der Waals surface area contributed by atoms with Gasteiger partial charge in [-0.15, -0.1) is 0 Å². The van der Waals surface area contributed by atoms with Crippen LogP contribution in [0.25, 0.3) is 0 Å². The van der Waals surface area contributed by atoms with Crippen molar-refractivity contribution in [3.8, 4) is 0 Å². The number of ketones is 1. The van der Waals surface area contributed by atoms with Crippen LogP contribution in [-0.4, -0.2) is 25.7 Å². The monoisotopic (exact) mass is 246 g/mol. The van der Waals surface area contributed by atoms with Gasteiger partial charge in [-0.2, -0.15) is 0 Å². The fourth-order valence-corrected chi connectivity index (χ4v) is 4.08. The minimum absolute atomic E-state index is 0.0201. The quantitative estimate of drug-likeness (QED) is 0.722. The zero-order valence-electron chi connectivity index (χ0n) is 10.2. The Morgan fingerprint density at radius 2 is 1.88 bits per heavy atom. The van der Waals surface area contributed by atoms with Crippen molar-refractivity contribution >= 4 is 15.6 Å². The molecule has 4 heteroatoms. The van der Waals surface area contributed by atoms with E-state index in [9.17, 15) is 13.2 Å². The Kier molecular flexibility index (Phi) is 4.96. The van der Waals surface area contributed by atoms with Crippen LogP contribution in [0.1, 0.15) is 46.0 Å². The lowest BCUT2D eigenvalue weighted by atomic mass is 10.0. The molecule has 0 aromatic heterocycles. The Bertz CT molecular complexity index is 326. The maximum atomic E-state index is 11.8. The molecule has 0 heterocycles. The Balaban J connectivity index is 2.48. The first-order valence-electron chi connectivity index (χ1n) is 6.17. The third-order valence-electron chi connectivity index (χ3n) is 3.41. The topological polar surface area (TPSA) is 51.2 Å². The van der Waals surface area contributed by atoms with Crippen molar-refractivity contribution in [3.63, 3.8) is 0 Å². The van der Waals surface area contributed by atoms with Gasteiger partial charge in [-0.25, -0.2) is 8.42 Å². The van der Waals surface area contributed by atoms with Gasteiger partial charge in [0.15, 0.2) is 15.6 Å². The van der Waals surface area contributed by atoms with Gasteiger partial charge in [-0.1, -0.05) is 33.1 Å². The maximum absolute atomic E-state index is 11.8. The lowest BCUT2D eigenvalue weighted by Gasteiger charge is -2.11. The van der Waals surface area contributed by atoms with E-state index in [1.54, 1.807) is 0 Å². The van der Waals surface area contributed by atoms with E-state index < -0.39 is 9.84 Å². The molecule has 1 saturated carbocycles. The van der Waals surface area contributed by atoms with E-state index in [1.807, 2.05) is 13.8 Å². The zero-order chi connectivity index (χ0) is 12.2. The largest absolute Gasteiger partial charge is 0.298 e. The molecule has 0 aromatic rings. The molecule has 1 aliphatic rings. The van der Waals surface area contributed by atoms with Crippen molar-refractivity contribution in [3.05, 3.63) is 0 Å². The van der Waals surface area contributed by atoms with E-state index in [0.29, 0.717) is 0 Å². The van der Waals surface area contributed by atoms with Crippen LogP contribution >= 0.6 is 0 Å². The van der Waals surface area contributed by atoms with Crippen molar-refractivity contribution < 1.29 is 13.2 Å². The summed E-state index contributed by atoms with van der Waals surface area (Å²) < 4.78 is 23.5. The maximum Gasteiger partial charge on any atom is 0.157 e. The van der Waals surface area contributed by atoms with Crippen LogP contribution in [0, 0.1) is 11.8 Å². The molecule has 1 unspecified atom stereocenters. The lowest BCUT2D eigenvalue weighted by molar-refractivity contribution is -0.120. The van der Waals surface area contributed by atoms with Gasteiger partial charge in [0.2, 0.25) is 0 Å². The standard InChI is InChI=1S/C12H22O3S/c1-3-10(2)8-16(14,15)9-12(13)11-6-4-5-7-11/h10-11H,3-9H2,1-2H3. The molecule has 0 saturated heterocycles. The number of carbonyl (C=O) groups is 1. The van der Waals surface area contributed by atoms with Crippen LogP contribution in [0.2, 0.25) is 0 Å². The molecule has 0 bridgehead atoms. The first kappa shape index (κ1) is 13.7. The fourth-order valence-electron chi connectivity index (χ4n) is 2.19. The van der Waals surface area contributed by atoms with Gasteiger partial charge < -0.3 is 0 Å². The molecule has 0 spiro atoms. The average molecular weight is 246 g/mol. The molecule has 0 aliphatic heterocycles. The molecule has 0 aromatic carbocycles. The van der Waals surface area contributed by atoms with E-state index in [4.69, 9.17) is 0 Å². The van der Waals surface area contributed by atoms with Crippen LogP contribution in [-0.2, 0) is 14.6 Å². The molecule has 0 N–H and O–H groups in total. The molecule has 0 amide bonds. The molecule has 1 fully saturated rings. The number of Topliss-reactive ketones (excluding diaryl/α,β-unsaturated/α-hetero) is 1. The van der Waals surface area contributed by atoms with Crippen molar-refractivity contribution in [2.75, 3.05) is 11.5 Å². The summed E-state index contributed by atoms with van der Waals surface area (Å²) in [6.07, 6.45) is 4.76. The molecular formula is C12H22O3S. The van der Waals surface area contributed by atoms with Crippen LogP contribution in [0.5, 0.6) is 0 Å². The van der Waals surface area contributed by atoms with Gasteiger partial charge in [0.05, 0.1) is 5.75 Å². The predicted octanol–water partition coefficient (Wildman–Crippen LogP) is 2.21. The molecular weight excluding hydrogens is 224 g/mol. The summed E-state index contributed by atoms with van der Waals surface area (Å²) in [6, 6.07) is 0. The number of sulfone groups is 1. The molecule has 1 aliphatic carbocycles. The highest BCUT2D eigenvalue weighted by molar-refractivity contribution is 7.92. The van der Waals surface area contributed by atoms with Gasteiger partial charge in [-0.05, 0) is 18.8 Å². The fraction of sp³-hybridized carbons (Fsp3) is 0.917. The summed E-state index contributed by atoms with van der Waals surface area (Å²) >= 11 is 0. The Hall–Kier alpha value is -0.380. The SMILES string of the molecule is CCC(C)CS(=O)(=O)CC(=O)C1CCCC1. The van der Waals surface area contributed by atoms with Crippen molar-refractivity contribution in [2.45, 2.75) is 46.0 Å². The Morgan fingerprint density at radius 3 is 2.38 bits per heavy atom. The molecule has 94 valence electrons. The minimum atomic E-state index is -3.18. The third-order valence-corrected chi connectivity index (χ3v) is 5.21. The second-order valence-electron chi connectivity index (χ2n) is 5.02. The van der Waals surface area contributed by atoms with Gasteiger partial charge in [0.25, 0.3) is 0 Å². The highest BCUT2D eigenvalue weighted by atomic mass is 32.2. The summed E-state index contributed by atoms with van der Waals surface area (Å²) in [5.41, 5.74) is 0. The zero-order valence-corrected chi connectivity index (χ0v) is 11.1. The summed E-state index contributed by atoms with van der Waals surface area (Å²) in [4.78, 5) is 11.8. The van der Waals surface area contributed by atoms with Crippen molar-refractivity contribution in [2.24, 2.45) is 11.8 Å². The van der Waals surface area contributed by atoms with Gasteiger partial charge in [0.1, 0.15) is 5.75 Å².